The van der Waals surface area contributed by atoms with Crippen LogP contribution >= 0.6 is 0 Å². The van der Waals surface area contributed by atoms with Gasteiger partial charge in [-0.05, 0) is 36.4 Å². The molecule has 0 bridgehead atoms. The minimum Gasteiger partial charge on any atom is -0.497 e. The number of ether oxygens (including phenoxy) is 1. The first-order valence-corrected chi connectivity index (χ1v) is 7.70. The molecule has 1 aromatic carbocycles. The smallest absolute Gasteiger partial charge is 0.229 e. The summed E-state index contributed by atoms with van der Waals surface area (Å²) in [6.07, 6.45) is 2.55. The second kappa shape index (κ2) is 5.79. The highest BCUT2D eigenvalue weighted by atomic mass is 32.2. The van der Waals surface area contributed by atoms with Gasteiger partial charge in [-0.3, -0.25) is 4.72 Å². The molecule has 7 heteroatoms. The van der Waals surface area contributed by atoms with Gasteiger partial charge in [0.25, 0.3) is 0 Å². The SMILES string of the molecule is COc1ccc(Nc2ccc(NS(C)(=O)=O)cn2)cc1. The summed E-state index contributed by atoms with van der Waals surface area (Å²) < 4.78 is 29.6. The van der Waals surface area contributed by atoms with Crippen LogP contribution in [0.5, 0.6) is 5.75 Å². The molecule has 2 rings (SSSR count). The second-order valence-corrected chi connectivity index (χ2v) is 5.91. The zero-order valence-electron chi connectivity index (χ0n) is 11.1. The molecule has 0 saturated heterocycles. The standard InChI is InChI=1S/C13H15N3O3S/c1-19-12-6-3-10(4-7-12)15-13-8-5-11(9-14-13)16-20(2,17)18/h3-9,16H,1-2H3,(H,14,15). The van der Waals surface area contributed by atoms with E-state index in [4.69, 9.17) is 4.74 Å². The van der Waals surface area contributed by atoms with Crippen molar-refractivity contribution >= 4 is 27.2 Å². The molecule has 0 radical (unpaired) electrons. The van der Waals surface area contributed by atoms with E-state index in [-0.39, 0.29) is 0 Å². The summed E-state index contributed by atoms with van der Waals surface area (Å²) in [4.78, 5) is 4.13. The van der Waals surface area contributed by atoms with Gasteiger partial charge in [0.1, 0.15) is 11.6 Å². The maximum Gasteiger partial charge on any atom is 0.229 e. The molecule has 0 amide bonds. The third kappa shape index (κ3) is 4.13. The van der Waals surface area contributed by atoms with Gasteiger partial charge in [0.05, 0.1) is 25.2 Å². The van der Waals surface area contributed by atoms with Crippen molar-refractivity contribution in [2.45, 2.75) is 0 Å². The zero-order chi connectivity index (χ0) is 14.6. The van der Waals surface area contributed by atoms with Crippen LogP contribution in [0.15, 0.2) is 42.6 Å². The van der Waals surface area contributed by atoms with Crippen molar-refractivity contribution < 1.29 is 13.2 Å². The van der Waals surface area contributed by atoms with E-state index < -0.39 is 10.0 Å². The summed E-state index contributed by atoms with van der Waals surface area (Å²) in [5.41, 5.74) is 1.29. The van der Waals surface area contributed by atoms with Crippen LogP contribution in [-0.2, 0) is 10.0 Å². The topological polar surface area (TPSA) is 80.3 Å². The molecule has 106 valence electrons. The van der Waals surface area contributed by atoms with E-state index in [9.17, 15) is 8.42 Å². The van der Waals surface area contributed by atoms with E-state index in [0.717, 1.165) is 17.7 Å². The molecule has 1 heterocycles. The number of rotatable bonds is 5. The molecule has 0 aliphatic rings. The summed E-state index contributed by atoms with van der Waals surface area (Å²) in [6.45, 7) is 0. The average molecular weight is 293 g/mol. The summed E-state index contributed by atoms with van der Waals surface area (Å²) >= 11 is 0. The van der Waals surface area contributed by atoms with Crippen LogP contribution in [0.1, 0.15) is 0 Å². The second-order valence-electron chi connectivity index (χ2n) is 4.16. The molecule has 0 saturated carbocycles. The third-order valence-electron chi connectivity index (χ3n) is 2.43. The number of anilines is 3. The van der Waals surface area contributed by atoms with Crippen molar-refractivity contribution in [3.8, 4) is 5.75 Å². The molecule has 0 aliphatic carbocycles. The van der Waals surface area contributed by atoms with Crippen LogP contribution in [0.25, 0.3) is 0 Å². The molecular formula is C13H15N3O3S. The highest BCUT2D eigenvalue weighted by Gasteiger charge is 2.02. The van der Waals surface area contributed by atoms with Gasteiger partial charge in [-0.2, -0.15) is 0 Å². The number of methoxy groups -OCH3 is 1. The fourth-order valence-corrected chi connectivity index (χ4v) is 2.11. The average Bonchev–Trinajstić information content (AvgIpc) is 2.40. The maximum absolute atomic E-state index is 11.1. The molecule has 1 aromatic heterocycles. The van der Waals surface area contributed by atoms with Crippen molar-refractivity contribution in [3.05, 3.63) is 42.6 Å². The summed E-state index contributed by atoms with van der Waals surface area (Å²) in [7, 11) is -1.67. The van der Waals surface area contributed by atoms with Gasteiger partial charge >= 0.3 is 0 Å². The number of hydrogen-bond donors (Lipinski definition) is 2. The van der Waals surface area contributed by atoms with Crippen LogP contribution < -0.4 is 14.8 Å². The van der Waals surface area contributed by atoms with Crippen molar-refractivity contribution in [2.24, 2.45) is 0 Å². The van der Waals surface area contributed by atoms with Gasteiger partial charge in [0, 0.05) is 5.69 Å². The molecule has 0 fully saturated rings. The van der Waals surface area contributed by atoms with Crippen LogP contribution in [0, 0.1) is 0 Å². The lowest BCUT2D eigenvalue weighted by molar-refractivity contribution is 0.415. The number of hydrogen-bond acceptors (Lipinski definition) is 5. The number of benzene rings is 1. The van der Waals surface area contributed by atoms with Crippen molar-refractivity contribution in [1.82, 2.24) is 4.98 Å². The first-order valence-electron chi connectivity index (χ1n) is 5.81. The van der Waals surface area contributed by atoms with E-state index >= 15 is 0 Å². The Bertz CT molecular complexity index is 667. The Kier molecular flexibility index (Phi) is 4.09. The molecule has 2 aromatic rings. The highest BCUT2D eigenvalue weighted by Crippen LogP contribution is 2.19. The molecule has 0 spiro atoms. The van der Waals surface area contributed by atoms with E-state index in [0.29, 0.717) is 11.5 Å². The Hall–Kier alpha value is -2.28. The van der Waals surface area contributed by atoms with Gasteiger partial charge < -0.3 is 10.1 Å². The quantitative estimate of drug-likeness (QED) is 0.883. The van der Waals surface area contributed by atoms with Crippen molar-refractivity contribution in [1.29, 1.82) is 0 Å². The Morgan fingerprint density at radius 3 is 2.20 bits per heavy atom. The van der Waals surface area contributed by atoms with Crippen LogP contribution in [0.3, 0.4) is 0 Å². The van der Waals surface area contributed by atoms with Gasteiger partial charge in [-0.15, -0.1) is 0 Å². The van der Waals surface area contributed by atoms with Crippen LogP contribution in [-0.4, -0.2) is 26.8 Å². The predicted molar refractivity (Wildman–Crippen MR) is 79.0 cm³/mol. The van der Waals surface area contributed by atoms with E-state index in [1.165, 1.54) is 6.20 Å². The Morgan fingerprint density at radius 2 is 1.70 bits per heavy atom. The number of nitrogens with zero attached hydrogens (tertiary/aromatic N) is 1. The van der Waals surface area contributed by atoms with E-state index in [1.807, 2.05) is 24.3 Å². The van der Waals surface area contributed by atoms with Crippen LogP contribution in [0.4, 0.5) is 17.2 Å². The van der Waals surface area contributed by atoms with Gasteiger partial charge in [-0.25, -0.2) is 13.4 Å². The van der Waals surface area contributed by atoms with Crippen molar-refractivity contribution in [2.75, 3.05) is 23.4 Å². The molecular weight excluding hydrogens is 278 g/mol. The molecule has 0 unspecified atom stereocenters. The highest BCUT2D eigenvalue weighted by molar-refractivity contribution is 7.92. The van der Waals surface area contributed by atoms with E-state index in [1.54, 1.807) is 19.2 Å². The van der Waals surface area contributed by atoms with Gasteiger partial charge in [0.15, 0.2) is 0 Å². The molecule has 20 heavy (non-hydrogen) atoms. The number of aromatic nitrogens is 1. The Labute approximate surface area is 117 Å². The van der Waals surface area contributed by atoms with E-state index in [2.05, 4.69) is 15.0 Å². The lowest BCUT2D eigenvalue weighted by Gasteiger charge is -2.08. The molecule has 0 atom stereocenters. The molecule has 0 aliphatic heterocycles. The maximum atomic E-state index is 11.1. The zero-order valence-corrected chi connectivity index (χ0v) is 11.9. The number of nitrogens with one attached hydrogen (secondary N) is 2. The Morgan fingerprint density at radius 1 is 1.05 bits per heavy atom. The minimum absolute atomic E-state index is 0.424. The van der Waals surface area contributed by atoms with Gasteiger partial charge in [0.2, 0.25) is 10.0 Å². The monoisotopic (exact) mass is 293 g/mol. The summed E-state index contributed by atoms with van der Waals surface area (Å²) in [5.74, 6) is 1.39. The summed E-state index contributed by atoms with van der Waals surface area (Å²) in [6, 6.07) is 10.7. The number of sulfonamides is 1. The fourth-order valence-electron chi connectivity index (χ4n) is 1.56. The first kappa shape index (κ1) is 14.1. The van der Waals surface area contributed by atoms with Crippen LogP contribution in [0.2, 0.25) is 0 Å². The van der Waals surface area contributed by atoms with Crippen molar-refractivity contribution in [3.63, 3.8) is 0 Å². The first-order chi connectivity index (χ1) is 9.46. The predicted octanol–water partition coefficient (Wildman–Crippen LogP) is 2.21. The third-order valence-corrected chi connectivity index (χ3v) is 3.04. The normalized spacial score (nSPS) is 10.9. The summed E-state index contributed by atoms with van der Waals surface area (Å²) in [5, 5.41) is 3.10. The molecule has 6 nitrogen and oxygen atoms in total. The largest absolute Gasteiger partial charge is 0.497 e. The minimum atomic E-state index is -3.28. The fraction of sp³-hybridized carbons (Fsp3) is 0.154. The lowest BCUT2D eigenvalue weighted by Crippen LogP contribution is -2.09. The lowest BCUT2D eigenvalue weighted by atomic mass is 10.3. The van der Waals surface area contributed by atoms with Gasteiger partial charge in [-0.1, -0.05) is 0 Å². The Balaban J connectivity index is 2.06. The number of pyridine rings is 1. The molecule has 2 N–H and O–H groups in total.